The van der Waals surface area contributed by atoms with Gasteiger partial charge in [0.1, 0.15) is 5.75 Å². The zero-order chi connectivity index (χ0) is 11.7. The molecule has 0 atom stereocenters. The number of halogens is 1. The molecule has 1 heterocycles. The lowest BCUT2D eigenvalue weighted by molar-refractivity contribution is 0.414. The van der Waals surface area contributed by atoms with E-state index in [2.05, 4.69) is 5.16 Å². The van der Waals surface area contributed by atoms with Gasteiger partial charge in [-0.05, 0) is 24.6 Å². The quantitative estimate of drug-likeness (QED) is 0.874. The van der Waals surface area contributed by atoms with Crippen LogP contribution in [-0.4, -0.2) is 12.3 Å². The van der Waals surface area contributed by atoms with Crippen LogP contribution in [0.25, 0.3) is 11.1 Å². The first-order valence-corrected chi connectivity index (χ1v) is 5.06. The molecule has 2 rings (SSSR count). The molecule has 0 saturated carbocycles. The lowest BCUT2D eigenvalue weighted by Crippen LogP contribution is -1.90. The van der Waals surface area contributed by atoms with Gasteiger partial charge in [-0.25, -0.2) is 0 Å². The van der Waals surface area contributed by atoms with Gasteiger partial charge in [0.05, 0.1) is 23.9 Å². The molecule has 2 aromatic rings. The Morgan fingerprint density at radius 2 is 2.12 bits per heavy atom. The maximum atomic E-state index is 6.21. The normalized spacial score (nSPS) is 10.4. The molecule has 16 heavy (non-hydrogen) atoms. The summed E-state index contributed by atoms with van der Waals surface area (Å²) in [6.45, 7) is 1.90. The Hall–Kier alpha value is -1.68. The van der Waals surface area contributed by atoms with Crippen LogP contribution in [0.5, 0.6) is 5.75 Å². The van der Waals surface area contributed by atoms with Crippen molar-refractivity contribution in [1.82, 2.24) is 5.16 Å². The molecule has 0 bridgehead atoms. The maximum Gasteiger partial charge on any atom is 0.230 e. The predicted molar refractivity (Wildman–Crippen MR) is 62.7 cm³/mol. The van der Waals surface area contributed by atoms with Crippen molar-refractivity contribution in [2.24, 2.45) is 0 Å². The van der Waals surface area contributed by atoms with Gasteiger partial charge in [0.2, 0.25) is 5.88 Å². The first-order valence-electron chi connectivity index (χ1n) is 4.68. The van der Waals surface area contributed by atoms with Crippen molar-refractivity contribution < 1.29 is 9.26 Å². The lowest BCUT2D eigenvalue weighted by Gasteiger charge is -2.08. The molecule has 0 aliphatic rings. The molecule has 5 heteroatoms. The van der Waals surface area contributed by atoms with Crippen molar-refractivity contribution in [3.8, 4) is 16.9 Å². The molecule has 0 amide bonds. The highest BCUT2D eigenvalue weighted by Gasteiger charge is 2.14. The smallest absolute Gasteiger partial charge is 0.230 e. The predicted octanol–water partition coefficient (Wildman–Crippen LogP) is 2.89. The third-order valence-corrected chi connectivity index (χ3v) is 2.85. The first kappa shape index (κ1) is 10.8. The molecular weight excluding hydrogens is 228 g/mol. The Balaban J connectivity index is 2.64. The summed E-state index contributed by atoms with van der Waals surface area (Å²) >= 11 is 6.21. The van der Waals surface area contributed by atoms with Gasteiger partial charge in [-0.3, -0.25) is 0 Å². The van der Waals surface area contributed by atoms with E-state index < -0.39 is 0 Å². The summed E-state index contributed by atoms with van der Waals surface area (Å²) in [5.41, 5.74) is 8.00. The van der Waals surface area contributed by atoms with Gasteiger partial charge < -0.3 is 15.0 Å². The van der Waals surface area contributed by atoms with Gasteiger partial charge >= 0.3 is 0 Å². The lowest BCUT2D eigenvalue weighted by atomic mass is 10.1. The highest BCUT2D eigenvalue weighted by atomic mass is 35.5. The van der Waals surface area contributed by atoms with E-state index in [9.17, 15) is 0 Å². The number of aryl methyl sites for hydroxylation is 1. The zero-order valence-corrected chi connectivity index (χ0v) is 9.71. The van der Waals surface area contributed by atoms with E-state index in [4.69, 9.17) is 26.6 Å². The average molecular weight is 239 g/mol. The number of anilines is 1. The first-order chi connectivity index (χ1) is 7.63. The van der Waals surface area contributed by atoms with Crippen molar-refractivity contribution in [2.45, 2.75) is 6.92 Å². The molecule has 2 N–H and O–H groups in total. The molecule has 0 unspecified atom stereocenters. The maximum absolute atomic E-state index is 6.21. The van der Waals surface area contributed by atoms with E-state index >= 15 is 0 Å². The van der Waals surface area contributed by atoms with Crippen molar-refractivity contribution in [3.05, 3.63) is 28.9 Å². The van der Waals surface area contributed by atoms with E-state index in [1.54, 1.807) is 13.2 Å². The summed E-state index contributed by atoms with van der Waals surface area (Å²) in [5, 5.41) is 4.25. The molecule has 0 aliphatic carbocycles. The molecule has 1 aromatic carbocycles. The minimum absolute atomic E-state index is 0.245. The second-order valence-corrected chi connectivity index (χ2v) is 3.79. The topological polar surface area (TPSA) is 61.3 Å². The van der Waals surface area contributed by atoms with Gasteiger partial charge in [-0.15, -0.1) is 0 Å². The van der Waals surface area contributed by atoms with Crippen LogP contribution in [0.2, 0.25) is 5.02 Å². The summed E-state index contributed by atoms with van der Waals surface area (Å²) < 4.78 is 9.99. The standard InChI is InChI=1S/C11H11ClN2O2/c1-6-3-7(15-2)4-8(10(6)12)9-5-14-16-11(9)13/h3-5H,13H2,1-2H3. The molecular formula is C11H11ClN2O2. The van der Waals surface area contributed by atoms with Crippen LogP contribution in [0.15, 0.2) is 22.9 Å². The molecule has 4 nitrogen and oxygen atoms in total. The number of aromatic nitrogens is 1. The van der Waals surface area contributed by atoms with Crippen LogP contribution < -0.4 is 10.5 Å². The average Bonchev–Trinajstić information content (AvgIpc) is 2.68. The van der Waals surface area contributed by atoms with E-state index in [1.807, 2.05) is 13.0 Å². The highest BCUT2D eigenvalue weighted by molar-refractivity contribution is 6.34. The van der Waals surface area contributed by atoms with E-state index in [-0.39, 0.29) is 5.88 Å². The van der Waals surface area contributed by atoms with Crippen LogP contribution in [0.4, 0.5) is 5.88 Å². The van der Waals surface area contributed by atoms with Crippen LogP contribution in [0, 0.1) is 6.92 Å². The second kappa shape index (κ2) is 4.06. The molecule has 84 valence electrons. The highest BCUT2D eigenvalue weighted by Crippen LogP contribution is 2.36. The number of hydrogen-bond acceptors (Lipinski definition) is 4. The molecule has 1 aromatic heterocycles. The van der Waals surface area contributed by atoms with Crippen molar-refractivity contribution >= 4 is 17.5 Å². The molecule has 0 aliphatic heterocycles. The fourth-order valence-electron chi connectivity index (χ4n) is 1.50. The Kier molecular flexibility index (Phi) is 2.75. The zero-order valence-electron chi connectivity index (χ0n) is 8.95. The van der Waals surface area contributed by atoms with Crippen molar-refractivity contribution in [3.63, 3.8) is 0 Å². The Morgan fingerprint density at radius 3 is 2.69 bits per heavy atom. The summed E-state index contributed by atoms with van der Waals surface area (Å²) in [7, 11) is 1.60. The Labute approximate surface area is 97.9 Å². The van der Waals surface area contributed by atoms with Gasteiger partial charge in [-0.2, -0.15) is 0 Å². The largest absolute Gasteiger partial charge is 0.497 e. The molecule has 0 spiro atoms. The van der Waals surface area contributed by atoms with E-state index in [1.165, 1.54) is 6.20 Å². The summed E-state index contributed by atoms with van der Waals surface area (Å²) in [6.07, 6.45) is 1.54. The summed E-state index contributed by atoms with van der Waals surface area (Å²) in [4.78, 5) is 0. The Bertz CT molecular complexity index is 523. The molecule has 0 fully saturated rings. The van der Waals surface area contributed by atoms with Crippen LogP contribution in [0.1, 0.15) is 5.56 Å². The minimum atomic E-state index is 0.245. The summed E-state index contributed by atoms with van der Waals surface area (Å²) in [6, 6.07) is 3.66. The number of hydrogen-bond donors (Lipinski definition) is 1. The van der Waals surface area contributed by atoms with Gasteiger partial charge in [-0.1, -0.05) is 16.8 Å². The number of nitrogens with zero attached hydrogens (tertiary/aromatic N) is 1. The number of benzene rings is 1. The number of nitrogens with two attached hydrogens (primary N) is 1. The van der Waals surface area contributed by atoms with Crippen molar-refractivity contribution in [1.29, 1.82) is 0 Å². The SMILES string of the molecule is COc1cc(C)c(Cl)c(-c2cnoc2N)c1. The van der Waals surface area contributed by atoms with Gasteiger partial charge in [0.25, 0.3) is 0 Å². The van der Waals surface area contributed by atoms with Crippen LogP contribution in [-0.2, 0) is 0 Å². The number of ether oxygens (including phenoxy) is 1. The van der Waals surface area contributed by atoms with Crippen molar-refractivity contribution in [2.75, 3.05) is 12.8 Å². The fourth-order valence-corrected chi connectivity index (χ4v) is 1.71. The van der Waals surface area contributed by atoms with Crippen LogP contribution in [0.3, 0.4) is 0 Å². The summed E-state index contributed by atoms with van der Waals surface area (Å²) in [5.74, 6) is 0.965. The molecule has 0 saturated heterocycles. The monoisotopic (exact) mass is 238 g/mol. The third kappa shape index (κ3) is 1.72. The van der Waals surface area contributed by atoms with E-state index in [0.717, 1.165) is 16.9 Å². The van der Waals surface area contributed by atoms with Gasteiger partial charge in [0, 0.05) is 5.56 Å². The molecule has 0 radical (unpaired) electrons. The number of rotatable bonds is 2. The minimum Gasteiger partial charge on any atom is -0.497 e. The fraction of sp³-hybridized carbons (Fsp3) is 0.182. The third-order valence-electron chi connectivity index (χ3n) is 2.35. The Morgan fingerprint density at radius 1 is 1.38 bits per heavy atom. The van der Waals surface area contributed by atoms with Gasteiger partial charge in [0.15, 0.2) is 0 Å². The number of nitrogen functional groups attached to an aromatic ring is 1. The van der Waals surface area contributed by atoms with Crippen LogP contribution >= 0.6 is 11.6 Å². The van der Waals surface area contributed by atoms with E-state index in [0.29, 0.717) is 10.6 Å². The second-order valence-electron chi connectivity index (χ2n) is 3.41. The number of methoxy groups -OCH3 is 1.